The summed E-state index contributed by atoms with van der Waals surface area (Å²) in [4.78, 5) is 12.4. The fourth-order valence-electron chi connectivity index (χ4n) is 1.90. The summed E-state index contributed by atoms with van der Waals surface area (Å²) in [5.41, 5.74) is 0. The van der Waals surface area contributed by atoms with E-state index in [-0.39, 0.29) is 23.5 Å². The van der Waals surface area contributed by atoms with Crippen molar-refractivity contribution in [1.29, 1.82) is 0 Å². The summed E-state index contributed by atoms with van der Waals surface area (Å²) >= 11 is 6.02. The number of hydrogen-bond donors (Lipinski definition) is 1. The highest BCUT2D eigenvalue weighted by Crippen LogP contribution is 2.23. The first-order chi connectivity index (χ1) is 10.1. The van der Waals surface area contributed by atoms with Crippen molar-refractivity contribution >= 4 is 28.3 Å². The molecule has 1 atom stereocenters. The molecule has 1 fully saturated rings. The van der Waals surface area contributed by atoms with Gasteiger partial charge in [0.1, 0.15) is 5.76 Å². The predicted octanol–water partition coefficient (Wildman–Crippen LogP) is 3.13. The molecule has 1 saturated carbocycles. The zero-order valence-corrected chi connectivity index (χ0v) is 12.7. The monoisotopic (exact) mass is 323 g/mol. The predicted molar refractivity (Wildman–Crippen MR) is 80.8 cm³/mol. The van der Waals surface area contributed by atoms with Gasteiger partial charge in [-0.15, -0.1) is 0 Å². The molecule has 0 saturated heterocycles. The number of benzene rings is 1. The number of halogens is 1. The molecule has 0 bridgehead atoms. The molecule has 0 unspecified atom stereocenters. The SMILES string of the molecule is O=C(NC1CC1)c1ccc(C[S@@](=O)c2ccccc2Cl)o1. The van der Waals surface area contributed by atoms with E-state index in [2.05, 4.69) is 5.32 Å². The second kappa shape index (κ2) is 6.03. The van der Waals surface area contributed by atoms with Gasteiger partial charge in [-0.05, 0) is 37.1 Å². The van der Waals surface area contributed by atoms with Gasteiger partial charge < -0.3 is 9.73 Å². The lowest BCUT2D eigenvalue weighted by Gasteiger charge is -2.03. The summed E-state index contributed by atoms with van der Waals surface area (Å²) < 4.78 is 17.7. The van der Waals surface area contributed by atoms with Gasteiger partial charge in [-0.2, -0.15) is 0 Å². The van der Waals surface area contributed by atoms with Crippen LogP contribution in [0.1, 0.15) is 29.2 Å². The number of rotatable bonds is 5. The normalized spacial score (nSPS) is 15.7. The maximum atomic E-state index is 12.3. The van der Waals surface area contributed by atoms with E-state index in [0.29, 0.717) is 15.7 Å². The van der Waals surface area contributed by atoms with Gasteiger partial charge in [0.25, 0.3) is 5.91 Å². The molecule has 2 aromatic rings. The van der Waals surface area contributed by atoms with Crippen molar-refractivity contribution in [3.8, 4) is 0 Å². The van der Waals surface area contributed by atoms with Crippen molar-refractivity contribution in [2.24, 2.45) is 0 Å². The molecule has 1 aromatic heterocycles. The van der Waals surface area contributed by atoms with Gasteiger partial charge in [0.2, 0.25) is 0 Å². The number of carbonyl (C=O) groups is 1. The van der Waals surface area contributed by atoms with Gasteiger partial charge in [0.05, 0.1) is 26.5 Å². The standard InChI is InChI=1S/C15H14ClNO3S/c16-12-3-1-2-4-14(12)21(19)9-11-7-8-13(20-11)15(18)17-10-5-6-10/h1-4,7-8,10H,5-6,9H2,(H,17,18)/t21-/m1/s1. The van der Waals surface area contributed by atoms with Crippen LogP contribution in [0, 0.1) is 0 Å². The van der Waals surface area contributed by atoms with E-state index in [1.54, 1.807) is 36.4 Å². The molecule has 1 amide bonds. The van der Waals surface area contributed by atoms with E-state index in [0.717, 1.165) is 12.8 Å². The van der Waals surface area contributed by atoms with Crippen LogP contribution < -0.4 is 5.32 Å². The molecule has 3 rings (SSSR count). The Morgan fingerprint density at radius 1 is 1.29 bits per heavy atom. The van der Waals surface area contributed by atoms with E-state index in [9.17, 15) is 9.00 Å². The molecule has 0 radical (unpaired) electrons. The molecule has 1 aliphatic carbocycles. The Hall–Kier alpha value is -1.59. The number of carbonyl (C=O) groups excluding carboxylic acids is 1. The molecule has 0 aliphatic heterocycles. The third-order valence-corrected chi connectivity index (χ3v) is 4.99. The van der Waals surface area contributed by atoms with Gasteiger partial charge in [-0.1, -0.05) is 23.7 Å². The minimum atomic E-state index is -1.30. The number of hydrogen-bond acceptors (Lipinski definition) is 3. The van der Waals surface area contributed by atoms with Crippen LogP contribution in [0.15, 0.2) is 45.7 Å². The van der Waals surface area contributed by atoms with Crippen LogP contribution in [0.3, 0.4) is 0 Å². The summed E-state index contributed by atoms with van der Waals surface area (Å²) in [6.45, 7) is 0. The maximum Gasteiger partial charge on any atom is 0.287 e. The van der Waals surface area contributed by atoms with Crippen molar-refractivity contribution in [1.82, 2.24) is 5.32 Å². The molecular weight excluding hydrogens is 310 g/mol. The molecule has 1 aliphatic rings. The van der Waals surface area contributed by atoms with E-state index in [1.807, 2.05) is 0 Å². The first kappa shape index (κ1) is 14.4. The molecule has 110 valence electrons. The van der Waals surface area contributed by atoms with Crippen LogP contribution in [-0.4, -0.2) is 16.2 Å². The van der Waals surface area contributed by atoms with E-state index < -0.39 is 10.8 Å². The summed E-state index contributed by atoms with van der Waals surface area (Å²) in [7, 11) is -1.30. The highest BCUT2D eigenvalue weighted by atomic mass is 35.5. The van der Waals surface area contributed by atoms with Crippen molar-refractivity contribution in [3.05, 3.63) is 52.9 Å². The average Bonchev–Trinajstić information content (AvgIpc) is 3.15. The topological polar surface area (TPSA) is 59.3 Å². The van der Waals surface area contributed by atoms with Gasteiger partial charge in [-0.25, -0.2) is 0 Å². The Kier molecular flexibility index (Phi) is 4.12. The molecule has 4 nitrogen and oxygen atoms in total. The molecule has 1 heterocycles. The average molecular weight is 324 g/mol. The largest absolute Gasteiger partial charge is 0.455 e. The zero-order chi connectivity index (χ0) is 14.8. The third kappa shape index (κ3) is 3.54. The fourth-order valence-corrected chi connectivity index (χ4v) is 3.38. The van der Waals surface area contributed by atoms with Crippen LogP contribution >= 0.6 is 11.6 Å². The smallest absolute Gasteiger partial charge is 0.287 e. The van der Waals surface area contributed by atoms with Gasteiger partial charge in [0, 0.05) is 6.04 Å². The Morgan fingerprint density at radius 2 is 2.05 bits per heavy atom. The summed E-state index contributed by atoms with van der Waals surface area (Å²) in [5.74, 6) is 0.745. The van der Waals surface area contributed by atoms with E-state index in [4.69, 9.17) is 16.0 Å². The molecular formula is C15H14ClNO3S. The molecule has 6 heteroatoms. The van der Waals surface area contributed by atoms with Crippen molar-refractivity contribution in [2.45, 2.75) is 29.5 Å². The summed E-state index contributed by atoms with van der Waals surface area (Å²) in [6, 6.07) is 10.6. The Balaban J connectivity index is 1.68. The molecule has 1 aromatic carbocycles. The van der Waals surface area contributed by atoms with Gasteiger partial charge >= 0.3 is 0 Å². The van der Waals surface area contributed by atoms with Gasteiger partial charge in [-0.3, -0.25) is 9.00 Å². The lowest BCUT2D eigenvalue weighted by Crippen LogP contribution is -2.24. The number of amides is 1. The molecule has 0 spiro atoms. The Morgan fingerprint density at radius 3 is 2.76 bits per heavy atom. The second-order valence-corrected chi connectivity index (χ2v) is 6.76. The first-order valence-corrected chi connectivity index (χ1v) is 8.35. The Bertz CT molecular complexity index is 694. The maximum absolute atomic E-state index is 12.3. The third-order valence-electron chi connectivity index (χ3n) is 3.15. The van der Waals surface area contributed by atoms with E-state index >= 15 is 0 Å². The van der Waals surface area contributed by atoms with Crippen molar-refractivity contribution in [2.75, 3.05) is 0 Å². The van der Waals surface area contributed by atoms with Crippen LogP contribution in [-0.2, 0) is 16.6 Å². The lowest BCUT2D eigenvalue weighted by atomic mass is 10.4. The summed E-state index contributed by atoms with van der Waals surface area (Å²) in [5, 5.41) is 3.31. The second-order valence-electron chi connectivity index (χ2n) is 4.93. The van der Waals surface area contributed by atoms with Crippen LogP contribution in [0.25, 0.3) is 0 Å². The van der Waals surface area contributed by atoms with E-state index in [1.165, 1.54) is 0 Å². The Labute approximate surface area is 129 Å². The highest BCUT2D eigenvalue weighted by molar-refractivity contribution is 7.84. The van der Waals surface area contributed by atoms with Crippen LogP contribution in [0.2, 0.25) is 5.02 Å². The van der Waals surface area contributed by atoms with Crippen LogP contribution in [0.4, 0.5) is 0 Å². The van der Waals surface area contributed by atoms with Crippen LogP contribution in [0.5, 0.6) is 0 Å². The minimum Gasteiger partial charge on any atom is -0.455 e. The lowest BCUT2D eigenvalue weighted by molar-refractivity contribution is 0.0922. The minimum absolute atomic E-state index is 0.195. The molecule has 1 N–H and O–H groups in total. The van der Waals surface area contributed by atoms with Gasteiger partial charge in [0.15, 0.2) is 5.76 Å². The molecule has 21 heavy (non-hydrogen) atoms. The highest BCUT2D eigenvalue weighted by Gasteiger charge is 2.25. The summed E-state index contributed by atoms with van der Waals surface area (Å²) in [6.07, 6.45) is 2.05. The van der Waals surface area contributed by atoms with Crippen molar-refractivity contribution < 1.29 is 13.4 Å². The fraction of sp³-hybridized carbons (Fsp3) is 0.267. The number of nitrogens with one attached hydrogen (secondary N) is 1. The first-order valence-electron chi connectivity index (χ1n) is 6.66. The zero-order valence-electron chi connectivity index (χ0n) is 11.2. The quantitative estimate of drug-likeness (QED) is 0.919. The van der Waals surface area contributed by atoms with Crippen molar-refractivity contribution in [3.63, 3.8) is 0 Å². The number of furan rings is 1.